The Labute approximate surface area is 213 Å². The van der Waals surface area contributed by atoms with Crippen LogP contribution in [-0.2, 0) is 14.3 Å². The quantitative estimate of drug-likeness (QED) is 0.466. The minimum atomic E-state index is -0.928. The first-order chi connectivity index (χ1) is 17.2. The zero-order chi connectivity index (χ0) is 26.2. The van der Waals surface area contributed by atoms with Gasteiger partial charge in [0.05, 0.1) is 17.7 Å². The number of urea groups is 1. The van der Waals surface area contributed by atoms with E-state index in [4.69, 9.17) is 22.1 Å². The predicted molar refractivity (Wildman–Crippen MR) is 138 cm³/mol. The highest BCUT2D eigenvalue weighted by Gasteiger charge is 2.26. The van der Waals surface area contributed by atoms with Crippen molar-refractivity contribution in [2.45, 2.75) is 0 Å². The molecule has 0 aliphatic rings. The molecule has 0 aromatic heterocycles. The Morgan fingerprint density at radius 1 is 0.778 bits per heavy atom. The van der Waals surface area contributed by atoms with Crippen LogP contribution < -0.4 is 20.4 Å². The Balaban J connectivity index is 1.90. The number of carbonyl (C=O) groups excluding carboxylic acids is 4. The lowest BCUT2D eigenvalue weighted by atomic mass is 10.2. The van der Waals surface area contributed by atoms with Gasteiger partial charge in [-0.05, 0) is 42.5 Å². The molecule has 0 aliphatic carbocycles. The minimum Gasteiger partial charge on any atom is -0.465 e. The Hall–Kier alpha value is -4.37. The van der Waals surface area contributed by atoms with Gasteiger partial charge in [0, 0.05) is 24.1 Å². The van der Waals surface area contributed by atoms with Crippen molar-refractivity contribution in [1.29, 1.82) is 0 Å². The van der Waals surface area contributed by atoms with Crippen molar-refractivity contribution in [3.05, 3.63) is 89.4 Å². The summed E-state index contributed by atoms with van der Waals surface area (Å²) in [5.41, 5.74) is 6.88. The number of methoxy groups -OCH3 is 1. The molecule has 9 nitrogen and oxygen atoms in total. The molecule has 0 heterocycles. The second-order valence-corrected chi connectivity index (χ2v) is 8.09. The van der Waals surface area contributed by atoms with E-state index in [1.165, 1.54) is 35.1 Å². The monoisotopic (exact) mass is 508 g/mol. The van der Waals surface area contributed by atoms with Crippen LogP contribution in [0.25, 0.3) is 0 Å². The largest absolute Gasteiger partial charge is 0.465 e. The van der Waals surface area contributed by atoms with Crippen molar-refractivity contribution >= 4 is 52.5 Å². The van der Waals surface area contributed by atoms with E-state index in [-0.39, 0.29) is 28.7 Å². The van der Waals surface area contributed by atoms with Crippen molar-refractivity contribution in [1.82, 2.24) is 0 Å². The van der Waals surface area contributed by atoms with Crippen LogP contribution in [0.5, 0.6) is 0 Å². The summed E-state index contributed by atoms with van der Waals surface area (Å²) in [5.74, 6) is -1.62. The number of hydrogen-bond acceptors (Lipinski definition) is 5. The van der Waals surface area contributed by atoms with Crippen molar-refractivity contribution < 1.29 is 23.9 Å². The summed E-state index contributed by atoms with van der Waals surface area (Å²) in [6, 6.07) is 20.8. The van der Waals surface area contributed by atoms with Crippen LogP contribution in [0.1, 0.15) is 10.4 Å². The third-order valence-corrected chi connectivity index (χ3v) is 5.74. The molecule has 0 saturated carbocycles. The molecule has 10 heteroatoms. The molecule has 3 aromatic carbocycles. The van der Waals surface area contributed by atoms with Crippen LogP contribution in [-0.4, -0.2) is 51.1 Å². The van der Waals surface area contributed by atoms with E-state index in [2.05, 4.69) is 0 Å². The van der Waals surface area contributed by atoms with Crippen molar-refractivity contribution in [3.63, 3.8) is 0 Å². The average Bonchev–Trinajstić information content (AvgIpc) is 2.90. The Morgan fingerprint density at radius 2 is 1.33 bits per heavy atom. The lowest BCUT2D eigenvalue weighted by Gasteiger charge is -2.28. The normalized spacial score (nSPS) is 10.3. The first kappa shape index (κ1) is 26.2. The second-order valence-electron chi connectivity index (χ2n) is 7.68. The van der Waals surface area contributed by atoms with Gasteiger partial charge in [0.2, 0.25) is 11.8 Å². The molecule has 0 radical (unpaired) electrons. The van der Waals surface area contributed by atoms with E-state index < -0.39 is 24.5 Å². The summed E-state index contributed by atoms with van der Waals surface area (Å²) in [4.78, 5) is 54.6. The number of halogens is 1. The van der Waals surface area contributed by atoms with Gasteiger partial charge in [-0.25, -0.2) is 9.59 Å². The van der Waals surface area contributed by atoms with Gasteiger partial charge in [-0.3, -0.25) is 14.5 Å². The zero-order valence-corrected chi connectivity index (χ0v) is 20.5. The number of ether oxygens (including phenoxy) is 1. The predicted octanol–water partition coefficient (Wildman–Crippen LogP) is 3.71. The number of likely N-dealkylation sites (N-methyl/N-ethyl adjacent to an activating group) is 1. The topological polar surface area (TPSA) is 113 Å². The highest BCUT2D eigenvalue weighted by atomic mass is 35.5. The van der Waals surface area contributed by atoms with Crippen LogP contribution in [0.3, 0.4) is 0 Å². The number of rotatable bonds is 8. The van der Waals surface area contributed by atoms with E-state index in [9.17, 15) is 19.2 Å². The number of carbonyl (C=O) groups is 4. The van der Waals surface area contributed by atoms with Crippen LogP contribution in [0, 0.1) is 0 Å². The fourth-order valence-electron chi connectivity index (χ4n) is 3.43. The SMILES string of the molecule is COC(=O)c1cc(N(CC(=O)N(CC(=O)N(C)c2ccccc2)c2ccccc2)C(N)=O)ccc1Cl. The fraction of sp³-hybridized carbons (Fsp3) is 0.154. The summed E-state index contributed by atoms with van der Waals surface area (Å²) >= 11 is 6.07. The standard InChI is InChI=1S/C26H25ClN4O5/c1-29(18-9-5-3-6-10-18)23(32)16-30(19-11-7-4-8-12-19)24(33)17-31(26(28)35)20-13-14-22(27)21(15-20)25(34)36-2/h3-15H,16-17H2,1-2H3,(H2,28,35). The number of hydrogen-bond donors (Lipinski definition) is 1. The molecule has 3 rings (SSSR count). The summed E-state index contributed by atoms with van der Waals surface area (Å²) < 4.78 is 4.72. The van der Waals surface area contributed by atoms with E-state index in [1.54, 1.807) is 61.6 Å². The number of anilines is 3. The molecule has 0 saturated heterocycles. The second kappa shape index (κ2) is 11.9. The number of esters is 1. The number of benzene rings is 3. The maximum absolute atomic E-state index is 13.5. The molecule has 186 valence electrons. The van der Waals surface area contributed by atoms with Gasteiger partial charge in [-0.15, -0.1) is 0 Å². The highest BCUT2D eigenvalue weighted by Crippen LogP contribution is 2.25. The molecule has 0 atom stereocenters. The number of amides is 4. The molecular formula is C26H25ClN4O5. The van der Waals surface area contributed by atoms with Gasteiger partial charge in [-0.1, -0.05) is 48.0 Å². The fourth-order valence-corrected chi connectivity index (χ4v) is 3.63. The van der Waals surface area contributed by atoms with Gasteiger partial charge in [0.15, 0.2) is 0 Å². The first-order valence-corrected chi connectivity index (χ1v) is 11.2. The van der Waals surface area contributed by atoms with Gasteiger partial charge in [0.25, 0.3) is 0 Å². The van der Waals surface area contributed by atoms with E-state index in [0.717, 1.165) is 4.90 Å². The number of nitrogens with zero attached hydrogens (tertiary/aromatic N) is 3. The molecule has 0 spiro atoms. The third-order valence-electron chi connectivity index (χ3n) is 5.41. The maximum atomic E-state index is 13.5. The van der Waals surface area contributed by atoms with Gasteiger partial charge >= 0.3 is 12.0 Å². The molecule has 4 amide bonds. The highest BCUT2D eigenvalue weighted by molar-refractivity contribution is 6.33. The van der Waals surface area contributed by atoms with Crippen molar-refractivity contribution in [3.8, 4) is 0 Å². The lowest BCUT2D eigenvalue weighted by molar-refractivity contribution is -0.121. The summed E-state index contributed by atoms with van der Waals surface area (Å²) in [5, 5.41) is 0.113. The Morgan fingerprint density at radius 3 is 1.89 bits per heavy atom. The molecular weight excluding hydrogens is 484 g/mol. The Bertz CT molecular complexity index is 1250. The minimum absolute atomic E-state index is 0.00921. The van der Waals surface area contributed by atoms with Crippen LogP contribution >= 0.6 is 11.6 Å². The van der Waals surface area contributed by atoms with Gasteiger partial charge in [0.1, 0.15) is 13.1 Å². The average molecular weight is 509 g/mol. The number of primary amides is 1. The molecule has 0 fully saturated rings. The molecule has 36 heavy (non-hydrogen) atoms. The molecule has 2 N–H and O–H groups in total. The number of para-hydroxylation sites is 2. The third kappa shape index (κ3) is 6.19. The summed E-state index contributed by atoms with van der Waals surface area (Å²) in [7, 11) is 2.81. The maximum Gasteiger partial charge on any atom is 0.339 e. The van der Waals surface area contributed by atoms with Crippen LogP contribution in [0.15, 0.2) is 78.9 Å². The molecule has 0 bridgehead atoms. The van der Waals surface area contributed by atoms with Gasteiger partial charge < -0.3 is 20.3 Å². The van der Waals surface area contributed by atoms with Crippen molar-refractivity contribution in [2.24, 2.45) is 5.73 Å². The van der Waals surface area contributed by atoms with E-state index in [0.29, 0.717) is 11.4 Å². The first-order valence-electron chi connectivity index (χ1n) is 10.8. The zero-order valence-electron chi connectivity index (χ0n) is 19.8. The van der Waals surface area contributed by atoms with E-state index in [1.807, 2.05) is 6.07 Å². The van der Waals surface area contributed by atoms with Crippen molar-refractivity contribution in [2.75, 3.05) is 41.9 Å². The van der Waals surface area contributed by atoms with Crippen LogP contribution in [0.2, 0.25) is 5.02 Å². The molecule has 0 unspecified atom stereocenters. The smallest absolute Gasteiger partial charge is 0.339 e. The van der Waals surface area contributed by atoms with E-state index >= 15 is 0 Å². The van der Waals surface area contributed by atoms with Crippen LogP contribution in [0.4, 0.5) is 21.9 Å². The van der Waals surface area contributed by atoms with Gasteiger partial charge in [-0.2, -0.15) is 0 Å². The lowest BCUT2D eigenvalue weighted by Crippen LogP contribution is -2.48. The summed E-state index contributed by atoms with van der Waals surface area (Å²) in [6.07, 6.45) is 0. The Kier molecular flexibility index (Phi) is 8.64. The molecule has 0 aliphatic heterocycles. The summed E-state index contributed by atoms with van der Waals surface area (Å²) in [6.45, 7) is -0.774. The molecule has 3 aromatic rings. The number of nitrogens with two attached hydrogens (primary N) is 1.